The van der Waals surface area contributed by atoms with Gasteiger partial charge in [0, 0.05) is 44.0 Å². The van der Waals surface area contributed by atoms with Gasteiger partial charge < -0.3 is 10.1 Å². The summed E-state index contributed by atoms with van der Waals surface area (Å²) < 4.78 is 7.40. The molecule has 2 bridgehead atoms. The fraction of sp³-hybridized carbons (Fsp3) is 0.464. The molecular formula is C28H36N6O2. The normalized spacial score (nSPS) is 23.1. The molecule has 1 amide bonds. The van der Waals surface area contributed by atoms with Gasteiger partial charge in [0.25, 0.3) is 0 Å². The molecule has 0 aliphatic carbocycles. The van der Waals surface area contributed by atoms with Gasteiger partial charge in [0.1, 0.15) is 5.75 Å². The SMILES string of the molecule is COc1ccccc1CNC(=O)[C@H]1CN2CC[C@H]1C[C@@H]2Cn1cc(CN(C)Cc2ccccc2)nn1. The molecule has 3 aromatic rings. The number of fused-ring (bicyclic) bond motifs is 3. The largest absolute Gasteiger partial charge is 0.496 e. The van der Waals surface area contributed by atoms with Gasteiger partial charge in [-0.2, -0.15) is 0 Å². The number of ether oxygens (including phenoxy) is 1. The molecule has 4 heterocycles. The van der Waals surface area contributed by atoms with Crippen molar-refractivity contribution in [3.63, 3.8) is 0 Å². The van der Waals surface area contributed by atoms with Gasteiger partial charge in [0.05, 0.1) is 25.3 Å². The van der Waals surface area contributed by atoms with Crippen molar-refractivity contribution in [3.05, 3.63) is 77.6 Å². The predicted octanol–water partition coefficient (Wildman–Crippen LogP) is 2.95. The molecule has 1 aromatic heterocycles. The summed E-state index contributed by atoms with van der Waals surface area (Å²) >= 11 is 0. The molecule has 0 radical (unpaired) electrons. The van der Waals surface area contributed by atoms with E-state index in [1.54, 1.807) is 7.11 Å². The van der Waals surface area contributed by atoms with E-state index in [-0.39, 0.29) is 11.8 Å². The first-order chi connectivity index (χ1) is 17.6. The molecule has 0 saturated carbocycles. The first-order valence-electron chi connectivity index (χ1n) is 12.8. The van der Waals surface area contributed by atoms with Gasteiger partial charge in [-0.15, -0.1) is 5.10 Å². The van der Waals surface area contributed by atoms with Crippen LogP contribution in [-0.2, 0) is 31.0 Å². The third-order valence-corrected chi connectivity index (χ3v) is 7.57. The Balaban J connectivity index is 1.12. The maximum atomic E-state index is 13.1. The molecule has 3 fully saturated rings. The Hall–Kier alpha value is -3.23. The second-order valence-electron chi connectivity index (χ2n) is 10.2. The molecule has 3 aliphatic rings. The van der Waals surface area contributed by atoms with E-state index in [0.29, 0.717) is 18.5 Å². The quantitative estimate of drug-likeness (QED) is 0.473. The summed E-state index contributed by atoms with van der Waals surface area (Å²) in [5.74, 6) is 1.42. The number of nitrogens with one attached hydrogen (secondary N) is 1. The lowest BCUT2D eigenvalue weighted by Crippen LogP contribution is -2.58. The second-order valence-corrected chi connectivity index (χ2v) is 10.2. The number of para-hydroxylation sites is 1. The van der Waals surface area contributed by atoms with Gasteiger partial charge in [0.15, 0.2) is 0 Å². The maximum Gasteiger partial charge on any atom is 0.224 e. The molecular weight excluding hydrogens is 452 g/mol. The third kappa shape index (κ3) is 5.77. The number of benzene rings is 2. The lowest BCUT2D eigenvalue weighted by molar-refractivity contribution is -0.133. The molecule has 4 atom stereocenters. The molecule has 8 heteroatoms. The van der Waals surface area contributed by atoms with Crippen molar-refractivity contribution in [2.75, 3.05) is 27.2 Å². The average Bonchev–Trinajstić information content (AvgIpc) is 3.34. The zero-order valence-electron chi connectivity index (χ0n) is 21.2. The number of carbonyl (C=O) groups excluding carboxylic acids is 1. The van der Waals surface area contributed by atoms with Gasteiger partial charge in [0.2, 0.25) is 5.91 Å². The number of amides is 1. The maximum absolute atomic E-state index is 13.1. The van der Waals surface area contributed by atoms with Crippen LogP contribution in [0.5, 0.6) is 5.75 Å². The minimum absolute atomic E-state index is 0.0441. The summed E-state index contributed by atoms with van der Waals surface area (Å²) in [5.41, 5.74) is 3.28. The van der Waals surface area contributed by atoms with Gasteiger partial charge in [-0.05, 0) is 44.0 Å². The summed E-state index contributed by atoms with van der Waals surface area (Å²) in [5, 5.41) is 12.0. The lowest BCUT2D eigenvalue weighted by atomic mass is 9.75. The van der Waals surface area contributed by atoms with Crippen LogP contribution >= 0.6 is 0 Å². The highest BCUT2D eigenvalue weighted by Gasteiger charge is 2.43. The highest BCUT2D eigenvalue weighted by Crippen LogP contribution is 2.37. The number of aromatic nitrogens is 3. The van der Waals surface area contributed by atoms with E-state index in [1.807, 2.05) is 35.0 Å². The van der Waals surface area contributed by atoms with Crippen molar-refractivity contribution in [2.45, 2.75) is 45.1 Å². The lowest BCUT2D eigenvalue weighted by Gasteiger charge is -2.49. The van der Waals surface area contributed by atoms with Crippen LogP contribution in [0.2, 0.25) is 0 Å². The highest BCUT2D eigenvalue weighted by molar-refractivity contribution is 5.79. The molecule has 8 nitrogen and oxygen atoms in total. The van der Waals surface area contributed by atoms with Gasteiger partial charge >= 0.3 is 0 Å². The number of hydrogen-bond donors (Lipinski definition) is 1. The Bertz CT molecular complexity index is 1150. The van der Waals surface area contributed by atoms with Crippen molar-refractivity contribution in [2.24, 2.45) is 11.8 Å². The first kappa shape index (κ1) is 24.5. The Kier molecular flexibility index (Phi) is 7.63. The standard InChI is InChI=1S/C28H36N6O2/c1-32(16-21-8-4-3-5-9-21)17-24-18-34(31-30-24)19-25-14-22-12-13-33(25)20-26(22)28(35)29-15-23-10-6-7-11-27(23)36-2/h3-11,18,22,25-26H,12-17,19-20H2,1-2H3,(H,29,35)/t22-,25+,26-/m0/s1. The molecule has 2 aromatic carbocycles. The van der Waals surface area contributed by atoms with E-state index >= 15 is 0 Å². The second kappa shape index (κ2) is 11.2. The van der Waals surface area contributed by atoms with E-state index < -0.39 is 0 Å². The monoisotopic (exact) mass is 488 g/mol. The van der Waals surface area contributed by atoms with E-state index in [1.165, 1.54) is 5.56 Å². The van der Waals surface area contributed by atoms with Crippen molar-refractivity contribution in [1.29, 1.82) is 0 Å². The fourth-order valence-electron chi connectivity index (χ4n) is 5.73. The zero-order valence-corrected chi connectivity index (χ0v) is 21.2. The van der Waals surface area contributed by atoms with Crippen LogP contribution in [0.4, 0.5) is 0 Å². The highest BCUT2D eigenvalue weighted by atomic mass is 16.5. The minimum atomic E-state index is 0.0441. The van der Waals surface area contributed by atoms with Gasteiger partial charge in [-0.1, -0.05) is 53.7 Å². The van der Waals surface area contributed by atoms with Crippen LogP contribution in [0, 0.1) is 11.8 Å². The fourth-order valence-corrected chi connectivity index (χ4v) is 5.73. The summed E-state index contributed by atoms with van der Waals surface area (Å²) in [6.45, 7) is 4.82. The minimum Gasteiger partial charge on any atom is -0.496 e. The molecule has 3 saturated heterocycles. The molecule has 1 unspecified atom stereocenters. The number of piperidine rings is 3. The molecule has 190 valence electrons. The Morgan fingerprint density at radius 3 is 2.72 bits per heavy atom. The number of carbonyl (C=O) groups is 1. The van der Waals surface area contributed by atoms with Gasteiger partial charge in [-0.25, -0.2) is 0 Å². The Labute approximate surface area is 213 Å². The van der Waals surface area contributed by atoms with Crippen LogP contribution in [0.25, 0.3) is 0 Å². The summed E-state index contributed by atoms with van der Waals surface area (Å²) in [6.07, 6.45) is 4.17. The van der Waals surface area contributed by atoms with Crippen molar-refractivity contribution < 1.29 is 9.53 Å². The summed E-state index contributed by atoms with van der Waals surface area (Å²) in [4.78, 5) is 17.8. The number of hydrogen-bond acceptors (Lipinski definition) is 6. The van der Waals surface area contributed by atoms with Crippen LogP contribution in [-0.4, -0.2) is 64.0 Å². The molecule has 6 rings (SSSR count). The molecule has 36 heavy (non-hydrogen) atoms. The number of rotatable bonds is 10. The van der Waals surface area contributed by atoms with E-state index in [0.717, 1.165) is 62.6 Å². The molecule has 3 aliphatic heterocycles. The van der Waals surface area contributed by atoms with E-state index in [9.17, 15) is 4.79 Å². The van der Waals surface area contributed by atoms with Crippen molar-refractivity contribution >= 4 is 5.91 Å². The molecule has 0 spiro atoms. The van der Waals surface area contributed by atoms with Crippen LogP contribution < -0.4 is 10.1 Å². The van der Waals surface area contributed by atoms with Crippen LogP contribution in [0.1, 0.15) is 29.7 Å². The Morgan fingerprint density at radius 1 is 1.14 bits per heavy atom. The zero-order chi connectivity index (χ0) is 24.9. The summed E-state index contributed by atoms with van der Waals surface area (Å²) in [6, 6.07) is 18.7. The van der Waals surface area contributed by atoms with Crippen LogP contribution in [0.3, 0.4) is 0 Å². The van der Waals surface area contributed by atoms with Crippen molar-refractivity contribution in [3.8, 4) is 5.75 Å². The van der Waals surface area contributed by atoms with Crippen LogP contribution in [0.15, 0.2) is 60.8 Å². The Morgan fingerprint density at radius 2 is 1.94 bits per heavy atom. The number of nitrogens with zero attached hydrogens (tertiary/aromatic N) is 5. The van der Waals surface area contributed by atoms with E-state index in [2.05, 4.69) is 62.9 Å². The topological polar surface area (TPSA) is 75.5 Å². The van der Waals surface area contributed by atoms with Gasteiger partial charge in [-0.3, -0.25) is 19.3 Å². The molecule has 1 N–H and O–H groups in total. The average molecular weight is 489 g/mol. The number of methoxy groups -OCH3 is 1. The third-order valence-electron chi connectivity index (χ3n) is 7.57. The predicted molar refractivity (Wildman–Crippen MR) is 138 cm³/mol. The van der Waals surface area contributed by atoms with E-state index in [4.69, 9.17) is 4.74 Å². The van der Waals surface area contributed by atoms with Crippen molar-refractivity contribution in [1.82, 2.24) is 30.1 Å². The summed E-state index contributed by atoms with van der Waals surface area (Å²) in [7, 11) is 3.77. The smallest absolute Gasteiger partial charge is 0.224 e. The first-order valence-corrected chi connectivity index (χ1v) is 12.8.